The zero-order valence-corrected chi connectivity index (χ0v) is 13.2. The first-order chi connectivity index (χ1) is 9.97. The van der Waals surface area contributed by atoms with Crippen molar-refractivity contribution in [1.29, 1.82) is 0 Å². The number of hydrogen-bond acceptors (Lipinski definition) is 5. The van der Waals surface area contributed by atoms with E-state index in [1.165, 1.54) is 37.5 Å². The van der Waals surface area contributed by atoms with Gasteiger partial charge in [-0.05, 0) is 19.9 Å². The Kier molecular flexibility index (Phi) is 5.30. The van der Waals surface area contributed by atoms with Crippen LogP contribution in [0.15, 0.2) is 0 Å². The fourth-order valence-corrected chi connectivity index (χ4v) is 3.77. The molecular weight excluding hydrogens is 290 g/mol. The normalized spacial score (nSPS) is 16.1. The molecule has 1 aliphatic carbocycles. The summed E-state index contributed by atoms with van der Waals surface area (Å²) in [5.74, 6) is -1.29. The van der Waals surface area contributed by atoms with E-state index in [-0.39, 0.29) is 11.6 Å². The van der Waals surface area contributed by atoms with Crippen LogP contribution in [-0.2, 0) is 11.3 Å². The minimum absolute atomic E-state index is 0.0476. The van der Waals surface area contributed by atoms with E-state index in [9.17, 15) is 14.7 Å². The van der Waals surface area contributed by atoms with Gasteiger partial charge in [-0.2, -0.15) is 0 Å². The van der Waals surface area contributed by atoms with Gasteiger partial charge in [-0.15, -0.1) is 0 Å². The lowest BCUT2D eigenvalue weighted by Gasteiger charge is -2.30. The number of anilines is 1. The summed E-state index contributed by atoms with van der Waals surface area (Å²) in [6.45, 7) is 1.94. The second-order valence-corrected chi connectivity index (χ2v) is 6.57. The maximum Gasteiger partial charge on any atom is 0.355 e. The van der Waals surface area contributed by atoms with E-state index in [1.807, 2.05) is 7.05 Å². The topological polar surface area (TPSA) is 82.5 Å². The molecule has 2 N–H and O–H groups in total. The van der Waals surface area contributed by atoms with E-state index >= 15 is 0 Å². The second-order valence-electron chi connectivity index (χ2n) is 5.48. The molecule has 2 rings (SSSR count). The smallest absolute Gasteiger partial charge is 0.355 e. The van der Waals surface area contributed by atoms with Gasteiger partial charge in [-0.1, -0.05) is 30.6 Å². The Morgan fingerprint density at radius 2 is 2.05 bits per heavy atom. The van der Waals surface area contributed by atoms with E-state index in [0.717, 1.165) is 12.8 Å². The molecule has 0 bridgehead atoms. The number of amides is 1. The molecule has 0 radical (unpaired) electrons. The van der Waals surface area contributed by atoms with E-state index < -0.39 is 5.97 Å². The van der Waals surface area contributed by atoms with E-state index in [0.29, 0.717) is 22.6 Å². The summed E-state index contributed by atoms with van der Waals surface area (Å²) in [5.41, 5.74) is 0.0476. The lowest BCUT2D eigenvalue weighted by atomic mass is 9.94. The molecule has 1 heterocycles. The molecule has 1 aromatic rings. The van der Waals surface area contributed by atoms with Crippen molar-refractivity contribution < 1.29 is 14.7 Å². The number of carboxylic acid groups (broad SMARTS) is 1. The molecule has 21 heavy (non-hydrogen) atoms. The molecule has 116 valence electrons. The summed E-state index contributed by atoms with van der Waals surface area (Å²) in [5, 5.41) is 12.2. The third kappa shape index (κ3) is 4.25. The van der Waals surface area contributed by atoms with Crippen molar-refractivity contribution in [1.82, 2.24) is 9.88 Å². The minimum Gasteiger partial charge on any atom is -0.476 e. The highest BCUT2D eigenvalue weighted by molar-refractivity contribution is 7.16. The van der Waals surface area contributed by atoms with Crippen LogP contribution < -0.4 is 5.32 Å². The first-order valence-electron chi connectivity index (χ1n) is 7.18. The average molecular weight is 311 g/mol. The van der Waals surface area contributed by atoms with Gasteiger partial charge in [-0.25, -0.2) is 9.78 Å². The highest BCUT2D eigenvalue weighted by Crippen LogP contribution is 2.28. The second kappa shape index (κ2) is 7.00. The molecule has 0 atom stereocenters. The maximum atomic E-state index is 11.3. The summed E-state index contributed by atoms with van der Waals surface area (Å²) in [6.07, 6.45) is 6.09. The Labute approximate surface area is 128 Å². The van der Waals surface area contributed by atoms with Gasteiger partial charge in [0, 0.05) is 19.5 Å². The molecule has 7 heteroatoms. The van der Waals surface area contributed by atoms with Crippen LogP contribution in [0.1, 0.15) is 54.4 Å². The number of carbonyl (C=O) groups excluding carboxylic acids is 1. The Bertz CT molecular complexity index is 524. The summed E-state index contributed by atoms with van der Waals surface area (Å²) in [4.78, 5) is 29.3. The van der Waals surface area contributed by atoms with Gasteiger partial charge in [0.2, 0.25) is 5.91 Å². The van der Waals surface area contributed by atoms with Crippen LogP contribution in [-0.4, -0.2) is 40.0 Å². The van der Waals surface area contributed by atoms with Crippen molar-refractivity contribution in [3.63, 3.8) is 0 Å². The molecule has 0 spiro atoms. The van der Waals surface area contributed by atoms with Gasteiger partial charge < -0.3 is 10.4 Å². The van der Waals surface area contributed by atoms with Gasteiger partial charge in [0.05, 0.1) is 4.88 Å². The summed E-state index contributed by atoms with van der Waals surface area (Å²) < 4.78 is 0. The monoisotopic (exact) mass is 311 g/mol. The Hall–Kier alpha value is -1.47. The Morgan fingerprint density at radius 3 is 2.62 bits per heavy atom. The van der Waals surface area contributed by atoms with Crippen LogP contribution in [0.3, 0.4) is 0 Å². The van der Waals surface area contributed by atoms with Gasteiger partial charge in [0.15, 0.2) is 10.8 Å². The number of nitrogens with one attached hydrogen (secondary N) is 1. The zero-order chi connectivity index (χ0) is 15.4. The summed E-state index contributed by atoms with van der Waals surface area (Å²) in [6, 6.07) is 0.506. The van der Waals surface area contributed by atoms with Crippen LogP contribution in [0.2, 0.25) is 0 Å². The van der Waals surface area contributed by atoms with Crippen molar-refractivity contribution >= 4 is 28.3 Å². The fraction of sp³-hybridized carbons (Fsp3) is 0.643. The number of rotatable bonds is 5. The van der Waals surface area contributed by atoms with Crippen molar-refractivity contribution in [3.05, 3.63) is 10.6 Å². The molecule has 6 nitrogen and oxygen atoms in total. The van der Waals surface area contributed by atoms with Crippen molar-refractivity contribution in [3.8, 4) is 0 Å². The van der Waals surface area contributed by atoms with E-state index in [1.54, 1.807) is 0 Å². The van der Waals surface area contributed by atoms with Gasteiger partial charge in [0.25, 0.3) is 0 Å². The number of aromatic carboxylic acids is 1. The third-order valence-corrected chi connectivity index (χ3v) is 4.73. The SMILES string of the molecule is CC(=O)Nc1nc(C(=O)O)c(CN(C)C2CCCCC2)s1. The van der Waals surface area contributed by atoms with Gasteiger partial charge in [0.1, 0.15) is 0 Å². The first kappa shape index (κ1) is 15.9. The molecule has 0 aliphatic heterocycles. The molecule has 0 aromatic carbocycles. The molecule has 1 fully saturated rings. The lowest BCUT2D eigenvalue weighted by molar-refractivity contribution is -0.114. The standard InChI is InChI=1S/C14H21N3O3S/c1-9(18)15-14-16-12(13(19)20)11(21-14)8-17(2)10-6-4-3-5-7-10/h10H,3-8H2,1-2H3,(H,19,20)(H,15,16,18). The lowest BCUT2D eigenvalue weighted by Crippen LogP contribution is -2.33. The molecule has 1 amide bonds. The molecule has 1 aromatic heterocycles. The Balaban J connectivity index is 2.11. The van der Waals surface area contributed by atoms with Crippen LogP contribution in [0.4, 0.5) is 5.13 Å². The largest absolute Gasteiger partial charge is 0.476 e. The first-order valence-corrected chi connectivity index (χ1v) is 8.00. The number of nitrogens with zero attached hydrogens (tertiary/aromatic N) is 2. The number of carbonyl (C=O) groups is 2. The average Bonchev–Trinajstić information content (AvgIpc) is 2.81. The van der Waals surface area contributed by atoms with Crippen molar-refractivity contribution in [2.45, 2.75) is 51.6 Å². The van der Waals surface area contributed by atoms with Crippen molar-refractivity contribution in [2.24, 2.45) is 0 Å². The Morgan fingerprint density at radius 1 is 1.38 bits per heavy atom. The summed E-state index contributed by atoms with van der Waals surface area (Å²) in [7, 11) is 2.03. The van der Waals surface area contributed by atoms with E-state index in [2.05, 4.69) is 15.2 Å². The molecule has 0 saturated heterocycles. The number of aromatic nitrogens is 1. The zero-order valence-electron chi connectivity index (χ0n) is 12.4. The highest BCUT2D eigenvalue weighted by atomic mass is 32.1. The predicted octanol–water partition coefficient (Wildman–Crippen LogP) is 2.56. The molecular formula is C14H21N3O3S. The molecule has 0 unspecified atom stereocenters. The van der Waals surface area contributed by atoms with Crippen LogP contribution >= 0.6 is 11.3 Å². The van der Waals surface area contributed by atoms with Gasteiger partial charge >= 0.3 is 5.97 Å². The third-order valence-electron chi connectivity index (χ3n) is 3.77. The van der Waals surface area contributed by atoms with Gasteiger partial charge in [-0.3, -0.25) is 9.69 Å². The van der Waals surface area contributed by atoms with Crippen LogP contribution in [0.5, 0.6) is 0 Å². The fourth-order valence-electron chi connectivity index (χ4n) is 2.71. The molecule has 1 saturated carbocycles. The summed E-state index contributed by atoms with van der Waals surface area (Å²) >= 11 is 1.24. The van der Waals surface area contributed by atoms with E-state index in [4.69, 9.17) is 0 Å². The number of carboxylic acids is 1. The predicted molar refractivity (Wildman–Crippen MR) is 81.7 cm³/mol. The quantitative estimate of drug-likeness (QED) is 0.873. The van der Waals surface area contributed by atoms with Crippen LogP contribution in [0.25, 0.3) is 0 Å². The minimum atomic E-state index is -1.05. The maximum absolute atomic E-state index is 11.3. The van der Waals surface area contributed by atoms with Crippen LogP contribution in [0, 0.1) is 0 Å². The molecule has 1 aliphatic rings. The van der Waals surface area contributed by atoms with Crippen molar-refractivity contribution in [2.75, 3.05) is 12.4 Å². The number of thiazole rings is 1. The highest BCUT2D eigenvalue weighted by Gasteiger charge is 2.23. The number of hydrogen-bond donors (Lipinski definition) is 2.